The molecule has 0 aliphatic carbocycles. The van der Waals surface area contributed by atoms with Crippen LogP contribution in [0.4, 0.5) is 15.9 Å². The number of aromatic nitrogens is 1. The van der Waals surface area contributed by atoms with E-state index in [1.165, 1.54) is 18.3 Å². The van der Waals surface area contributed by atoms with Gasteiger partial charge in [-0.2, -0.15) is 5.26 Å². The molecule has 5 heteroatoms. The highest BCUT2D eigenvalue weighted by Crippen LogP contribution is 2.18. The Labute approximate surface area is 110 Å². The normalized spacial score (nSPS) is 9.89. The van der Waals surface area contributed by atoms with Crippen molar-refractivity contribution in [3.8, 4) is 6.07 Å². The Morgan fingerprint density at radius 1 is 1.26 bits per heavy atom. The lowest BCUT2D eigenvalue weighted by atomic mass is 10.1. The van der Waals surface area contributed by atoms with E-state index in [4.69, 9.17) is 11.0 Å². The van der Waals surface area contributed by atoms with Crippen LogP contribution < -0.4 is 11.1 Å². The third kappa shape index (κ3) is 3.19. The molecule has 0 saturated carbocycles. The summed E-state index contributed by atoms with van der Waals surface area (Å²) >= 11 is 0. The highest BCUT2D eigenvalue weighted by Gasteiger charge is 2.05. The molecule has 0 radical (unpaired) electrons. The van der Waals surface area contributed by atoms with Gasteiger partial charge in [0.05, 0.1) is 11.3 Å². The first-order valence-electron chi connectivity index (χ1n) is 5.83. The molecular formula is C14H13FN4. The molecule has 3 N–H and O–H groups in total. The maximum Gasteiger partial charge on any atom is 0.150 e. The molecule has 1 heterocycles. The molecule has 2 rings (SSSR count). The monoisotopic (exact) mass is 256 g/mol. The van der Waals surface area contributed by atoms with Gasteiger partial charge in [0.2, 0.25) is 0 Å². The van der Waals surface area contributed by atoms with Gasteiger partial charge in [0, 0.05) is 12.7 Å². The number of pyridine rings is 1. The molecule has 2 aromatic rings. The summed E-state index contributed by atoms with van der Waals surface area (Å²) in [6.07, 6.45) is 2.26. The van der Waals surface area contributed by atoms with E-state index in [1.807, 2.05) is 6.07 Å². The lowest BCUT2D eigenvalue weighted by Gasteiger charge is -2.08. The van der Waals surface area contributed by atoms with Crippen LogP contribution in [0.2, 0.25) is 0 Å². The number of benzene rings is 1. The number of nitrogens with zero attached hydrogens (tertiary/aromatic N) is 2. The predicted molar refractivity (Wildman–Crippen MR) is 72.0 cm³/mol. The summed E-state index contributed by atoms with van der Waals surface area (Å²) in [4.78, 5) is 4.08. The molecule has 0 bridgehead atoms. The number of halogens is 1. The van der Waals surface area contributed by atoms with Crippen LogP contribution in [0.25, 0.3) is 0 Å². The molecule has 0 fully saturated rings. The highest BCUT2D eigenvalue weighted by atomic mass is 19.1. The zero-order valence-corrected chi connectivity index (χ0v) is 10.2. The van der Waals surface area contributed by atoms with E-state index in [9.17, 15) is 4.39 Å². The zero-order chi connectivity index (χ0) is 13.7. The Kier molecular flexibility index (Phi) is 3.94. The third-order valence-electron chi connectivity index (χ3n) is 2.73. The van der Waals surface area contributed by atoms with Crippen LogP contribution >= 0.6 is 0 Å². The number of nitriles is 1. The summed E-state index contributed by atoms with van der Waals surface area (Å²) in [5.41, 5.74) is 7.57. The molecule has 0 atom stereocenters. The van der Waals surface area contributed by atoms with Gasteiger partial charge in [-0.1, -0.05) is 12.1 Å². The van der Waals surface area contributed by atoms with Gasteiger partial charge in [0.15, 0.2) is 5.82 Å². The second-order valence-electron chi connectivity index (χ2n) is 4.04. The van der Waals surface area contributed by atoms with Crippen molar-refractivity contribution in [1.29, 1.82) is 5.26 Å². The summed E-state index contributed by atoms with van der Waals surface area (Å²) < 4.78 is 12.7. The van der Waals surface area contributed by atoms with Crippen molar-refractivity contribution in [2.45, 2.75) is 6.42 Å². The number of rotatable bonds is 4. The maximum atomic E-state index is 12.7. The van der Waals surface area contributed by atoms with E-state index in [0.717, 1.165) is 12.0 Å². The number of nitrogen functional groups attached to an aromatic ring is 1. The summed E-state index contributed by atoms with van der Waals surface area (Å²) in [5.74, 6) is 0.255. The average molecular weight is 256 g/mol. The SMILES string of the molecule is N#Cc1ccnc(NCCc2ccc(F)cc2)c1N. The third-order valence-corrected chi connectivity index (χ3v) is 2.73. The molecule has 0 saturated heterocycles. The van der Waals surface area contributed by atoms with Crippen molar-refractivity contribution >= 4 is 11.5 Å². The minimum atomic E-state index is -0.246. The van der Waals surface area contributed by atoms with Crippen molar-refractivity contribution in [2.75, 3.05) is 17.6 Å². The molecule has 1 aromatic carbocycles. The van der Waals surface area contributed by atoms with Crippen LogP contribution in [-0.2, 0) is 6.42 Å². The second kappa shape index (κ2) is 5.83. The highest BCUT2D eigenvalue weighted by molar-refractivity contribution is 5.68. The Hall–Kier alpha value is -2.61. The zero-order valence-electron chi connectivity index (χ0n) is 10.2. The van der Waals surface area contributed by atoms with Crippen LogP contribution in [0.1, 0.15) is 11.1 Å². The number of hydrogen-bond acceptors (Lipinski definition) is 4. The van der Waals surface area contributed by atoms with E-state index < -0.39 is 0 Å². The van der Waals surface area contributed by atoms with E-state index in [-0.39, 0.29) is 5.82 Å². The minimum absolute atomic E-state index is 0.246. The minimum Gasteiger partial charge on any atom is -0.395 e. The summed E-state index contributed by atoms with van der Waals surface area (Å²) in [6, 6.07) is 9.90. The van der Waals surface area contributed by atoms with Crippen molar-refractivity contribution < 1.29 is 4.39 Å². The van der Waals surface area contributed by atoms with Gasteiger partial charge < -0.3 is 11.1 Å². The molecule has 1 aromatic heterocycles. The topological polar surface area (TPSA) is 74.7 Å². The van der Waals surface area contributed by atoms with Crippen LogP contribution in [0, 0.1) is 17.1 Å². The number of nitrogens with two attached hydrogens (primary N) is 1. The molecule has 0 spiro atoms. The lowest BCUT2D eigenvalue weighted by molar-refractivity contribution is 0.627. The van der Waals surface area contributed by atoms with E-state index in [2.05, 4.69) is 10.3 Å². The van der Waals surface area contributed by atoms with Crippen LogP contribution in [-0.4, -0.2) is 11.5 Å². The summed E-state index contributed by atoms with van der Waals surface area (Å²) in [5, 5.41) is 11.9. The molecular weight excluding hydrogens is 243 g/mol. The Bertz CT molecular complexity index is 602. The average Bonchev–Trinajstić information content (AvgIpc) is 2.43. The quantitative estimate of drug-likeness (QED) is 0.880. The number of nitrogens with one attached hydrogen (secondary N) is 1. The summed E-state index contributed by atoms with van der Waals surface area (Å²) in [6.45, 7) is 0.609. The predicted octanol–water partition coefficient (Wildman–Crippen LogP) is 2.33. The Balaban J connectivity index is 1.96. The molecule has 0 aliphatic heterocycles. The molecule has 19 heavy (non-hydrogen) atoms. The molecule has 0 aliphatic rings. The number of hydrogen-bond donors (Lipinski definition) is 2. The van der Waals surface area contributed by atoms with Crippen LogP contribution in [0.5, 0.6) is 0 Å². The van der Waals surface area contributed by atoms with Gasteiger partial charge in [-0.15, -0.1) is 0 Å². The smallest absolute Gasteiger partial charge is 0.150 e. The van der Waals surface area contributed by atoms with Crippen LogP contribution in [0.3, 0.4) is 0 Å². The molecule has 0 unspecified atom stereocenters. The first kappa shape index (κ1) is 12.8. The maximum absolute atomic E-state index is 12.7. The van der Waals surface area contributed by atoms with E-state index in [1.54, 1.807) is 18.2 Å². The van der Waals surface area contributed by atoms with E-state index in [0.29, 0.717) is 23.6 Å². The molecule has 0 amide bonds. The standard InChI is InChI=1S/C14H13FN4/c15-12-3-1-10(2-4-12)5-7-18-14-13(17)11(9-16)6-8-19-14/h1-4,6,8H,5,7,17H2,(H,18,19). The lowest BCUT2D eigenvalue weighted by Crippen LogP contribution is -2.09. The van der Waals surface area contributed by atoms with Gasteiger partial charge in [-0.25, -0.2) is 9.37 Å². The van der Waals surface area contributed by atoms with Gasteiger partial charge in [-0.05, 0) is 30.2 Å². The van der Waals surface area contributed by atoms with Gasteiger partial charge in [-0.3, -0.25) is 0 Å². The summed E-state index contributed by atoms with van der Waals surface area (Å²) in [7, 11) is 0. The molecule has 4 nitrogen and oxygen atoms in total. The second-order valence-corrected chi connectivity index (χ2v) is 4.04. The van der Waals surface area contributed by atoms with Crippen molar-refractivity contribution in [3.05, 3.63) is 53.5 Å². The van der Waals surface area contributed by atoms with Gasteiger partial charge in [0.25, 0.3) is 0 Å². The van der Waals surface area contributed by atoms with Crippen molar-refractivity contribution in [3.63, 3.8) is 0 Å². The van der Waals surface area contributed by atoms with Crippen LogP contribution in [0.15, 0.2) is 36.5 Å². The van der Waals surface area contributed by atoms with E-state index >= 15 is 0 Å². The fourth-order valence-corrected chi connectivity index (χ4v) is 1.69. The van der Waals surface area contributed by atoms with Gasteiger partial charge in [0.1, 0.15) is 11.9 Å². The van der Waals surface area contributed by atoms with Crippen molar-refractivity contribution in [1.82, 2.24) is 4.98 Å². The Morgan fingerprint density at radius 3 is 2.68 bits per heavy atom. The largest absolute Gasteiger partial charge is 0.395 e. The fraction of sp³-hybridized carbons (Fsp3) is 0.143. The van der Waals surface area contributed by atoms with Crippen molar-refractivity contribution in [2.24, 2.45) is 0 Å². The fourth-order valence-electron chi connectivity index (χ4n) is 1.69. The Morgan fingerprint density at radius 2 is 2.00 bits per heavy atom. The first-order valence-corrected chi connectivity index (χ1v) is 5.83. The molecule has 96 valence electrons. The first-order chi connectivity index (χ1) is 9.20. The van der Waals surface area contributed by atoms with Gasteiger partial charge >= 0.3 is 0 Å². The number of anilines is 2.